The van der Waals surface area contributed by atoms with Gasteiger partial charge in [-0.05, 0) is 37.8 Å². The minimum Gasteiger partial charge on any atom is -0.396 e. The number of carbonyl (C=O) groups excluding carboxylic acids is 1. The average Bonchev–Trinajstić information content (AvgIpc) is 2.39. The molecule has 92 valence electrons. The highest BCUT2D eigenvalue weighted by Crippen LogP contribution is 2.23. The molecule has 2 rings (SSSR count). The van der Waals surface area contributed by atoms with E-state index in [0.29, 0.717) is 5.92 Å². The van der Waals surface area contributed by atoms with Crippen LogP contribution in [0.1, 0.15) is 30.1 Å². The lowest BCUT2D eigenvalue weighted by Crippen LogP contribution is -2.36. The first kappa shape index (κ1) is 12.1. The normalized spacial score (nSPS) is 20.4. The van der Waals surface area contributed by atoms with Gasteiger partial charge in [0.15, 0.2) is 5.78 Å². The number of ketones is 1. The molecule has 0 spiro atoms. The summed E-state index contributed by atoms with van der Waals surface area (Å²) in [6, 6.07) is 7.75. The van der Waals surface area contributed by atoms with E-state index in [4.69, 9.17) is 0 Å². The van der Waals surface area contributed by atoms with Crippen LogP contribution < -0.4 is 4.90 Å². The third kappa shape index (κ3) is 2.86. The molecule has 0 aromatic heterocycles. The summed E-state index contributed by atoms with van der Waals surface area (Å²) in [4.78, 5) is 13.6. The van der Waals surface area contributed by atoms with Crippen molar-refractivity contribution in [3.63, 3.8) is 0 Å². The summed E-state index contributed by atoms with van der Waals surface area (Å²) in [6.07, 6.45) is 2.20. The number of Topliss-reactive ketones (excluding diaryl/α,β-unsaturated/α-hetero) is 1. The summed E-state index contributed by atoms with van der Waals surface area (Å²) in [5.74, 6) is 0.465. The van der Waals surface area contributed by atoms with Crippen molar-refractivity contribution in [1.29, 1.82) is 0 Å². The largest absolute Gasteiger partial charge is 0.396 e. The first-order valence-electron chi connectivity index (χ1n) is 6.17. The molecule has 1 aromatic carbocycles. The van der Waals surface area contributed by atoms with E-state index in [1.54, 1.807) is 6.92 Å². The van der Waals surface area contributed by atoms with E-state index in [1.165, 1.54) is 0 Å². The van der Waals surface area contributed by atoms with Crippen molar-refractivity contribution in [3.05, 3.63) is 29.8 Å². The number of anilines is 1. The van der Waals surface area contributed by atoms with Gasteiger partial charge >= 0.3 is 0 Å². The molecule has 1 unspecified atom stereocenters. The second-order valence-electron chi connectivity index (χ2n) is 4.74. The summed E-state index contributed by atoms with van der Waals surface area (Å²) in [6.45, 7) is 3.74. The van der Waals surface area contributed by atoms with E-state index in [0.717, 1.165) is 37.2 Å². The van der Waals surface area contributed by atoms with E-state index < -0.39 is 0 Å². The van der Waals surface area contributed by atoms with Gasteiger partial charge in [-0.3, -0.25) is 4.79 Å². The molecule has 0 amide bonds. The zero-order chi connectivity index (χ0) is 12.3. The van der Waals surface area contributed by atoms with Crippen molar-refractivity contribution in [2.24, 2.45) is 5.92 Å². The molecule has 1 aromatic rings. The van der Waals surface area contributed by atoms with Crippen LogP contribution in [-0.4, -0.2) is 30.6 Å². The predicted octanol–water partition coefficient (Wildman–Crippen LogP) is 2.10. The van der Waals surface area contributed by atoms with Crippen molar-refractivity contribution < 1.29 is 9.90 Å². The van der Waals surface area contributed by atoms with Gasteiger partial charge in [-0.15, -0.1) is 0 Å². The highest BCUT2D eigenvalue weighted by molar-refractivity contribution is 5.94. The van der Waals surface area contributed by atoms with E-state index in [2.05, 4.69) is 4.90 Å². The summed E-state index contributed by atoms with van der Waals surface area (Å²) in [5.41, 5.74) is 1.85. The number of nitrogens with zero attached hydrogens (tertiary/aromatic N) is 1. The van der Waals surface area contributed by atoms with Crippen LogP contribution in [0.4, 0.5) is 5.69 Å². The topological polar surface area (TPSA) is 40.5 Å². The van der Waals surface area contributed by atoms with Gasteiger partial charge in [0, 0.05) is 30.9 Å². The molecule has 3 heteroatoms. The smallest absolute Gasteiger partial charge is 0.159 e. The second kappa shape index (κ2) is 5.32. The maximum atomic E-state index is 11.3. The van der Waals surface area contributed by atoms with Gasteiger partial charge in [0.1, 0.15) is 0 Å². The van der Waals surface area contributed by atoms with Crippen molar-refractivity contribution in [1.82, 2.24) is 0 Å². The van der Waals surface area contributed by atoms with Crippen LogP contribution in [0.25, 0.3) is 0 Å². The Kier molecular flexibility index (Phi) is 3.79. The number of aliphatic hydroxyl groups is 1. The van der Waals surface area contributed by atoms with E-state index in [1.807, 2.05) is 24.3 Å². The SMILES string of the molecule is CC(=O)c1cccc(N2CCCC(CO)C2)c1. The van der Waals surface area contributed by atoms with Crippen molar-refractivity contribution in [2.45, 2.75) is 19.8 Å². The third-order valence-corrected chi connectivity index (χ3v) is 3.40. The number of rotatable bonds is 3. The summed E-state index contributed by atoms with van der Waals surface area (Å²) >= 11 is 0. The van der Waals surface area contributed by atoms with Gasteiger partial charge in [0.25, 0.3) is 0 Å². The lowest BCUT2D eigenvalue weighted by Gasteiger charge is -2.33. The highest BCUT2D eigenvalue weighted by Gasteiger charge is 2.19. The molecule has 0 saturated carbocycles. The summed E-state index contributed by atoms with van der Waals surface area (Å²) < 4.78 is 0. The van der Waals surface area contributed by atoms with Gasteiger partial charge in [-0.1, -0.05) is 12.1 Å². The highest BCUT2D eigenvalue weighted by atomic mass is 16.3. The number of benzene rings is 1. The number of hydrogen-bond acceptors (Lipinski definition) is 3. The lowest BCUT2D eigenvalue weighted by molar-refractivity contribution is 0.101. The van der Waals surface area contributed by atoms with E-state index in [9.17, 15) is 9.90 Å². The van der Waals surface area contributed by atoms with Gasteiger partial charge < -0.3 is 10.0 Å². The number of piperidine rings is 1. The number of carbonyl (C=O) groups is 1. The monoisotopic (exact) mass is 233 g/mol. The Hall–Kier alpha value is -1.35. The Morgan fingerprint density at radius 1 is 1.53 bits per heavy atom. The van der Waals surface area contributed by atoms with Crippen LogP contribution in [0.3, 0.4) is 0 Å². The molecule has 1 aliphatic heterocycles. The van der Waals surface area contributed by atoms with E-state index in [-0.39, 0.29) is 12.4 Å². The molecule has 17 heavy (non-hydrogen) atoms. The van der Waals surface area contributed by atoms with Crippen LogP contribution in [0.15, 0.2) is 24.3 Å². The number of hydrogen-bond donors (Lipinski definition) is 1. The van der Waals surface area contributed by atoms with Crippen LogP contribution in [-0.2, 0) is 0 Å². The molecule has 1 aliphatic rings. The molecule has 0 radical (unpaired) electrons. The van der Waals surface area contributed by atoms with Crippen molar-refractivity contribution in [2.75, 3.05) is 24.6 Å². The fourth-order valence-electron chi connectivity index (χ4n) is 2.37. The van der Waals surface area contributed by atoms with Gasteiger partial charge in [-0.25, -0.2) is 0 Å². The molecular formula is C14H19NO2. The molecule has 1 saturated heterocycles. The van der Waals surface area contributed by atoms with Gasteiger partial charge in [0.05, 0.1) is 0 Å². The van der Waals surface area contributed by atoms with Crippen molar-refractivity contribution >= 4 is 11.5 Å². The Morgan fingerprint density at radius 3 is 3.06 bits per heavy atom. The minimum absolute atomic E-state index is 0.0996. The van der Waals surface area contributed by atoms with Crippen LogP contribution in [0.2, 0.25) is 0 Å². The fourth-order valence-corrected chi connectivity index (χ4v) is 2.37. The second-order valence-corrected chi connectivity index (χ2v) is 4.74. The average molecular weight is 233 g/mol. The first-order chi connectivity index (χ1) is 8.20. The molecule has 1 heterocycles. The zero-order valence-electron chi connectivity index (χ0n) is 10.2. The van der Waals surface area contributed by atoms with Crippen molar-refractivity contribution in [3.8, 4) is 0 Å². The molecule has 1 fully saturated rings. The van der Waals surface area contributed by atoms with Crippen LogP contribution >= 0.6 is 0 Å². The quantitative estimate of drug-likeness (QED) is 0.813. The maximum absolute atomic E-state index is 11.3. The Morgan fingerprint density at radius 2 is 2.35 bits per heavy atom. The summed E-state index contributed by atoms with van der Waals surface area (Å²) in [7, 11) is 0. The zero-order valence-corrected chi connectivity index (χ0v) is 10.2. The molecule has 1 atom stereocenters. The van der Waals surface area contributed by atoms with Gasteiger partial charge in [0.2, 0.25) is 0 Å². The van der Waals surface area contributed by atoms with Gasteiger partial charge in [-0.2, -0.15) is 0 Å². The Labute approximate surface area is 102 Å². The molecule has 0 bridgehead atoms. The Balaban J connectivity index is 2.16. The predicted molar refractivity (Wildman–Crippen MR) is 68.5 cm³/mol. The molecule has 0 aliphatic carbocycles. The molecular weight excluding hydrogens is 214 g/mol. The third-order valence-electron chi connectivity index (χ3n) is 3.40. The van der Waals surface area contributed by atoms with Crippen LogP contribution in [0, 0.1) is 5.92 Å². The van der Waals surface area contributed by atoms with E-state index >= 15 is 0 Å². The molecule has 3 nitrogen and oxygen atoms in total. The summed E-state index contributed by atoms with van der Waals surface area (Å²) in [5, 5.41) is 9.22. The number of aliphatic hydroxyl groups excluding tert-OH is 1. The standard InChI is InChI=1S/C14H19NO2/c1-11(17)13-5-2-6-14(8-13)15-7-3-4-12(9-15)10-16/h2,5-6,8,12,16H,3-4,7,9-10H2,1H3. The van der Waals surface area contributed by atoms with Crippen LogP contribution in [0.5, 0.6) is 0 Å². The maximum Gasteiger partial charge on any atom is 0.159 e. The Bertz CT molecular complexity index is 403. The minimum atomic E-state index is 0.0996. The molecule has 1 N–H and O–H groups in total. The lowest BCUT2D eigenvalue weighted by atomic mass is 9.98. The first-order valence-corrected chi connectivity index (χ1v) is 6.17. The fraction of sp³-hybridized carbons (Fsp3) is 0.500.